The molecule has 4 rings (SSSR count). The lowest BCUT2D eigenvalue weighted by Gasteiger charge is -2.49. The zero-order valence-electron chi connectivity index (χ0n) is 20.5. The summed E-state index contributed by atoms with van der Waals surface area (Å²) in [6.45, 7) is 0.933. The van der Waals surface area contributed by atoms with Crippen LogP contribution < -0.4 is 0 Å². The van der Waals surface area contributed by atoms with Gasteiger partial charge in [0.05, 0.1) is 36.7 Å². The van der Waals surface area contributed by atoms with Crippen molar-refractivity contribution in [3.05, 3.63) is 71.2 Å². The van der Waals surface area contributed by atoms with E-state index < -0.39 is 81.5 Å². The van der Waals surface area contributed by atoms with Crippen LogP contribution in [0.15, 0.2) is 42.6 Å². The Balaban J connectivity index is 1.70. The minimum atomic E-state index is -4.72. The van der Waals surface area contributed by atoms with E-state index in [2.05, 4.69) is 10.3 Å². The first kappa shape index (κ1) is 29.3. The van der Waals surface area contributed by atoms with E-state index in [0.29, 0.717) is 12.1 Å². The lowest BCUT2D eigenvalue weighted by molar-refractivity contribution is -0.138. The minimum absolute atomic E-state index is 0.0840. The Labute approximate surface area is 222 Å². The first-order valence-electron chi connectivity index (χ1n) is 12.0. The number of thiol groups is 1. The van der Waals surface area contributed by atoms with Gasteiger partial charge < -0.3 is 20.4 Å². The molecule has 0 spiro atoms. The quantitative estimate of drug-likeness (QED) is 0.166. The highest BCUT2D eigenvalue weighted by molar-refractivity contribution is 8.18. The van der Waals surface area contributed by atoms with Crippen molar-refractivity contribution in [2.45, 2.75) is 54.4 Å². The van der Waals surface area contributed by atoms with Crippen LogP contribution in [-0.4, -0.2) is 71.3 Å². The molecule has 2 heterocycles. The number of aliphatic hydroxyl groups is 4. The molecule has 1 unspecified atom stereocenters. The maximum atomic E-state index is 13.9. The summed E-state index contributed by atoms with van der Waals surface area (Å²) in [6.07, 6.45) is -7.66. The second-order valence-corrected chi connectivity index (χ2v) is 12.0. The summed E-state index contributed by atoms with van der Waals surface area (Å²) in [7, 11) is -1.83. The van der Waals surface area contributed by atoms with Crippen LogP contribution in [0.2, 0.25) is 0 Å². The number of aliphatic hydroxyl groups excluding tert-OH is 4. The molecule has 0 radical (unpaired) electrons. The molecule has 39 heavy (non-hydrogen) atoms. The van der Waals surface area contributed by atoms with E-state index in [-0.39, 0.29) is 29.0 Å². The fourth-order valence-electron chi connectivity index (χ4n) is 5.08. The highest BCUT2D eigenvalue weighted by atomic mass is 32.2. The third-order valence-electron chi connectivity index (χ3n) is 6.97. The number of nitrogens with zero attached hydrogens (tertiary/aromatic N) is 3. The molecule has 3 aromatic rings. The molecule has 1 fully saturated rings. The molecule has 0 bridgehead atoms. The van der Waals surface area contributed by atoms with E-state index >= 15 is 0 Å². The van der Waals surface area contributed by atoms with E-state index in [1.54, 1.807) is 6.92 Å². The van der Waals surface area contributed by atoms with Crippen LogP contribution in [0.3, 0.4) is 0 Å². The number of aromatic nitrogens is 3. The second kappa shape index (κ2) is 11.5. The Morgan fingerprint density at radius 1 is 1.10 bits per heavy atom. The number of benzene rings is 2. The Morgan fingerprint density at radius 3 is 2.33 bits per heavy atom. The van der Waals surface area contributed by atoms with Gasteiger partial charge in [-0.3, -0.25) is 0 Å². The SMILES string of the molecule is CC[C@H](O)[C@@H](c1ccccc1C(F)(F)F)[SH]1C[C@H](O)[C@H](n2cc(-c3cc(F)c(F)c(F)c3)nn2)[C@@H](O)[C@H]1CO. The third-order valence-corrected chi connectivity index (χ3v) is 10.4. The average molecular weight is 580 g/mol. The van der Waals surface area contributed by atoms with E-state index in [9.17, 15) is 46.8 Å². The van der Waals surface area contributed by atoms with Gasteiger partial charge in [-0.25, -0.2) is 28.7 Å². The molecule has 7 atom stereocenters. The molecule has 1 aliphatic heterocycles. The summed E-state index contributed by atoms with van der Waals surface area (Å²) in [5, 5.41) is 48.9. The third kappa shape index (κ3) is 5.66. The summed E-state index contributed by atoms with van der Waals surface area (Å²) in [5.41, 5.74) is -1.40. The average Bonchev–Trinajstić information content (AvgIpc) is 3.36. The van der Waals surface area contributed by atoms with E-state index in [1.165, 1.54) is 24.4 Å². The van der Waals surface area contributed by atoms with Crippen LogP contribution >= 0.6 is 10.9 Å². The number of alkyl halides is 3. The van der Waals surface area contributed by atoms with Gasteiger partial charge in [0.2, 0.25) is 0 Å². The zero-order chi connectivity index (χ0) is 28.6. The van der Waals surface area contributed by atoms with E-state index in [0.717, 1.165) is 10.7 Å². The molecule has 14 heteroatoms. The normalized spacial score (nSPS) is 26.4. The Hall–Kier alpha value is -2.65. The fraction of sp³-hybridized carbons (Fsp3) is 0.440. The number of hydrogen-bond acceptors (Lipinski definition) is 6. The number of rotatable bonds is 7. The van der Waals surface area contributed by atoms with Gasteiger partial charge in [0.1, 0.15) is 11.7 Å². The molecule has 2 aromatic carbocycles. The molecule has 1 aliphatic rings. The monoisotopic (exact) mass is 579 g/mol. The Bertz CT molecular complexity index is 1290. The van der Waals surface area contributed by atoms with E-state index in [4.69, 9.17) is 0 Å². The zero-order valence-corrected chi connectivity index (χ0v) is 21.4. The van der Waals surface area contributed by atoms with Crippen molar-refractivity contribution in [1.29, 1.82) is 0 Å². The van der Waals surface area contributed by atoms with Crippen molar-refractivity contribution in [3.8, 4) is 11.3 Å². The van der Waals surface area contributed by atoms with Crippen molar-refractivity contribution in [3.63, 3.8) is 0 Å². The molecule has 1 aromatic heterocycles. The number of halogens is 6. The molecular formula is C25H27F6N3O4S. The smallest absolute Gasteiger partial charge is 0.395 e. The van der Waals surface area contributed by atoms with Gasteiger partial charge in [0.25, 0.3) is 0 Å². The van der Waals surface area contributed by atoms with Gasteiger partial charge in [-0.15, -0.1) is 5.10 Å². The van der Waals surface area contributed by atoms with Crippen LogP contribution in [-0.2, 0) is 6.18 Å². The molecule has 1 saturated heterocycles. The molecule has 0 saturated carbocycles. The van der Waals surface area contributed by atoms with Gasteiger partial charge in [-0.05, 0) is 30.2 Å². The lowest BCUT2D eigenvalue weighted by Crippen LogP contribution is -2.51. The van der Waals surface area contributed by atoms with Crippen LogP contribution in [0.5, 0.6) is 0 Å². The van der Waals surface area contributed by atoms with Crippen molar-refractivity contribution in [1.82, 2.24) is 15.0 Å². The van der Waals surface area contributed by atoms with Crippen LogP contribution in [0.4, 0.5) is 26.3 Å². The molecule has 0 aliphatic carbocycles. The maximum Gasteiger partial charge on any atom is 0.416 e. The van der Waals surface area contributed by atoms with Crippen molar-refractivity contribution >= 4 is 10.9 Å². The lowest BCUT2D eigenvalue weighted by atomic mass is 9.99. The predicted molar refractivity (Wildman–Crippen MR) is 132 cm³/mol. The van der Waals surface area contributed by atoms with Crippen LogP contribution in [0, 0.1) is 17.5 Å². The summed E-state index contributed by atoms with van der Waals surface area (Å²) >= 11 is 0. The first-order chi connectivity index (χ1) is 18.4. The molecule has 214 valence electrons. The molecule has 0 amide bonds. The standard InChI is InChI=1S/C25H27F6N3O4S/c1-2-18(36)24(13-5-3-4-6-14(13)25(29,30)31)39-11-19(37)22(23(38)20(39)10-35)34-9-17(32-33-34)12-7-15(26)21(28)16(27)8-12/h3-9,18-20,22-24,35-39H,2,10-11H2,1H3/t18-,19-,20+,22-,23-,24+/m0/s1. The van der Waals surface area contributed by atoms with Crippen molar-refractivity contribution < 1.29 is 46.8 Å². The summed E-state index contributed by atoms with van der Waals surface area (Å²) in [4.78, 5) is 0. The van der Waals surface area contributed by atoms with Crippen molar-refractivity contribution in [2.24, 2.45) is 0 Å². The molecular weight excluding hydrogens is 552 g/mol. The van der Waals surface area contributed by atoms with Gasteiger partial charge in [0, 0.05) is 21.8 Å². The van der Waals surface area contributed by atoms with Gasteiger partial charge in [-0.1, -0.05) is 30.3 Å². The molecule has 7 nitrogen and oxygen atoms in total. The number of hydrogen-bond donors (Lipinski definition) is 5. The van der Waals surface area contributed by atoms with Crippen LogP contribution in [0.1, 0.15) is 35.8 Å². The molecule has 4 N–H and O–H groups in total. The van der Waals surface area contributed by atoms with Gasteiger partial charge >= 0.3 is 6.18 Å². The van der Waals surface area contributed by atoms with Crippen LogP contribution in [0.25, 0.3) is 11.3 Å². The summed E-state index contributed by atoms with van der Waals surface area (Å²) in [6, 6.07) is 4.94. The predicted octanol–water partition coefficient (Wildman–Crippen LogP) is 3.53. The fourth-order valence-corrected chi connectivity index (χ4v) is 8.65. The van der Waals surface area contributed by atoms with Gasteiger partial charge in [0.15, 0.2) is 17.5 Å². The maximum absolute atomic E-state index is 13.9. The van der Waals surface area contributed by atoms with Crippen molar-refractivity contribution in [2.75, 3.05) is 12.4 Å². The highest BCUT2D eigenvalue weighted by Crippen LogP contribution is 2.56. The largest absolute Gasteiger partial charge is 0.416 e. The second-order valence-electron chi connectivity index (χ2n) is 9.34. The first-order valence-corrected chi connectivity index (χ1v) is 13.7. The van der Waals surface area contributed by atoms with Gasteiger partial charge in [-0.2, -0.15) is 13.2 Å². The highest BCUT2D eigenvalue weighted by Gasteiger charge is 2.48. The minimum Gasteiger partial charge on any atom is -0.395 e. The Morgan fingerprint density at radius 2 is 1.74 bits per heavy atom. The van der Waals surface area contributed by atoms with E-state index in [1.807, 2.05) is 0 Å². The Kier molecular flexibility index (Phi) is 8.61. The summed E-state index contributed by atoms with van der Waals surface area (Å²) in [5.74, 6) is -4.74. The topological polar surface area (TPSA) is 112 Å². The summed E-state index contributed by atoms with van der Waals surface area (Å²) < 4.78 is 83.4.